The van der Waals surface area contributed by atoms with Crippen molar-refractivity contribution in [2.75, 3.05) is 0 Å². The Labute approximate surface area is 126 Å². The summed E-state index contributed by atoms with van der Waals surface area (Å²) in [5.74, 6) is 0.255. The van der Waals surface area contributed by atoms with Crippen molar-refractivity contribution in [2.45, 2.75) is 70.1 Å². The Balaban J connectivity index is 2.53. The average molecular weight is 295 g/mol. The van der Waals surface area contributed by atoms with E-state index in [1.807, 2.05) is 26.8 Å². The van der Waals surface area contributed by atoms with Crippen LogP contribution in [0.2, 0.25) is 0 Å². The topological polar surface area (TPSA) is 52.8 Å². The van der Waals surface area contributed by atoms with Crippen LogP contribution in [0.1, 0.15) is 53.4 Å². The Kier molecular flexibility index (Phi) is 3.98. The highest BCUT2D eigenvalue weighted by Crippen LogP contribution is 2.53. The lowest BCUT2D eigenvalue weighted by molar-refractivity contribution is -0.0355. The van der Waals surface area contributed by atoms with E-state index in [1.165, 1.54) is 0 Å². The fraction of sp³-hybridized carbons (Fsp3) is 0.812. The molecular weight excluding hydrogens is 270 g/mol. The van der Waals surface area contributed by atoms with Gasteiger partial charge in [-0.25, -0.2) is 4.99 Å². The van der Waals surface area contributed by atoms with Crippen LogP contribution in [-0.2, 0) is 0 Å². The molecule has 0 spiro atoms. The molecule has 3 nitrogen and oxygen atoms in total. The molecule has 0 aliphatic heterocycles. The first-order valence-corrected chi connectivity index (χ1v) is 7.82. The van der Waals surface area contributed by atoms with Crippen LogP contribution in [0.3, 0.4) is 0 Å². The van der Waals surface area contributed by atoms with Gasteiger partial charge < -0.3 is 10.2 Å². The van der Waals surface area contributed by atoms with E-state index in [0.717, 1.165) is 18.4 Å². The minimum Gasteiger partial charge on any atom is -0.386 e. The zero-order valence-corrected chi connectivity index (χ0v) is 13.6. The third-order valence-electron chi connectivity index (χ3n) is 5.30. The van der Waals surface area contributed by atoms with Crippen molar-refractivity contribution in [3.63, 3.8) is 0 Å². The van der Waals surface area contributed by atoms with Gasteiger partial charge in [-0.05, 0) is 63.2 Å². The normalized spacial score (nSPS) is 44.5. The number of aliphatic imine (C=N–C) groups is 1. The van der Waals surface area contributed by atoms with E-state index in [-0.39, 0.29) is 17.4 Å². The third-order valence-corrected chi connectivity index (χ3v) is 5.39. The monoisotopic (exact) mass is 295 g/mol. The standard InChI is InChI=1S/C16H25NO2S/c1-11(2)16(19)8-7-15(4,17-10-20)12-5-6-14(3,18)9-13(12)16/h9,11-12,18-19H,5-8H2,1-4H3. The molecule has 4 heteroatoms. The number of hydrogen-bond donors (Lipinski definition) is 2. The molecule has 4 atom stereocenters. The van der Waals surface area contributed by atoms with Crippen molar-refractivity contribution >= 4 is 17.4 Å². The minimum absolute atomic E-state index is 0.117. The molecule has 0 saturated heterocycles. The summed E-state index contributed by atoms with van der Waals surface area (Å²) in [4.78, 5) is 4.40. The molecule has 20 heavy (non-hydrogen) atoms. The molecule has 0 aromatic heterocycles. The highest BCUT2D eigenvalue weighted by Gasteiger charge is 2.53. The first kappa shape index (κ1) is 15.8. The Morgan fingerprint density at radius 2 is 1.95 bits per heavy atom. The maximum absolute atomic E-state index is 11.1. The van der Waals surface area contributed by atoms with E-state index in [2.05, 4.69) is 17.1 Å². The summed E-state index contributed by atoms with van der Waals surface area (Å²) in [6.07, 6.45) is 4.84. The van der Waals surface area contributed by atoms with Crippen molar-refractivity contribution in [3.8, 4) is 0 Å². The van der Waals surface area contributed by atoms with Gasteiger partial charge in [0.2, 0.25) is 0 Å². The molecule has 0 radical (unpaired) electrons. The van der Waals surface area contributed by atoms with E-state index < -0.39 is 11.2 Å². The largest absolute Gasteiger partial charge is 0.386 e. The summed E-state index contributed by atoms with van der Waals surface area (Å²) < 4.78 is 0. The lowest BCUT2D eigenvalue weighted by Crippen LogP contribution is -2.54. The van der Waals surface area contributed by atoms with E-state index in [9.17, 15) is 10.2 Å². The van der Waals surface area contributed by atoms with E-state index in [1.54, 1.807) is 0 Å². The quantitative estimate of drug-likeness (QED) is 0.467. The summed E-state index contributed by atoms with van der Waals surface area (Å²) in [7, 11) is 0. The molecule has 2 aliphatic carbocycles. The number of thiocarbonyl (C=S) groups is 1. The smallest absolute Gasteiger partial charge is 0.0885 e. The molecule has 0 aromatic carbocycles. The Bertz CT molecular complexity index is 479. The van der Waals surface area contributed by atoms with Crippen LogP contribution in [0.4, 0.5) is 0 Å². The third kappa shape index (κ3) is 2.50. The van der Waals surface area contributed by atoms with Gasteiger partial charge in [0.15, 0.2) is 0 Å². The highest BCUT2D eigenvalue weighted by molar-refractivity contribution is 7.78. The van der Waals surface area contributed by atoms with Gasteiger partial charge in [0.1, 0.15) is 0 Å². The predicted octanol–water partition coefficient (Wildman–Crippen LogP) is 3.12. The number of nitrogens with zero attached hydrogens (tertiary/aromatic N) is 1. The second kappa shape index (κ2) is 5.03. The molecule has 1 saturated carbocycles. The number of isothiocyanates is 1. The van der Waals surface area contributed by atoms with Crippen LogP contribution in [0.25, 0.3) is 0 Å². The molecule has 0 amide bonds. The maximum Gasteiger partial charge on any atom is 0.0885 e. The maximum atomic E-state index is 11.1. The van der Waals surface area contributed by atoms with Crippen LogP contribution < -0.4 is 0 Å². The number of hydrogen-bond acceptors (Lipinski definition) is 4. The number of aliphatic hydroxyl groups is 2. The second-order valence-electron chi connectivity index (χ2n) is 7.19. The van der Waals surface area contributed by atoms with Crippen molar-refractivity contribution in [3.05, 3.63) is 11.6 Å². The van der Waals surface area contributed by atoms with Crippen LogP contribution in [0.5, 0.6) is 0 Å². The van der Waals surface area contributed by atoms with Crippen LogP contribution >= 0.6 is 12.2 Å². The zero-order valence-electron chi connectivity index (χ0n) is 12.8. The van der Waals surface area contributed by atoms with Crippen molar-refractivity contribution in [2.24, 2.45) is 16.8 Å². The van der Waals surface area contributed by atoms with Crippen LogP contribution in [-0.4, -0.2) is 32.1 Å². The fourth-order valence-electron chi connectivity index (χ4n) is 3.79. The lowest BCUT2D eigenvalue weighted by Gasteiger charge is -2.52. The Hall–Kier alpha value is -0.540. The number of rotatable bonds is 2. The highest BCUT2D eigenvalue weighted by atomic mass is 32.1. The van der Waals surface area contributed by atoms with Crippen molar-refractivity contribution in [1.82, 2.24) is 0 Å². The van der Waals surface area contributed by atoms with Gasteiger partial charge in [-0.2, -0.15) is 0 Å². The molecule has 0 aromatic rings. The van der Waals surface area contributed by atoms with Crippen LogP contribution in [0, 0.1) is 11.8 Å². The Morgan fingerprint density at radius 1 is 1.30 bits per heavy atom. The summed E-state index contributed by atoms with van der Waals surface area (Å²) >= 11 is 4.80. The molecule has 4 unspecified atom stereocenters. The second-order valence-corrected chi connectivity index (χ2v) is 7.37. The van der Waals surface area contributed by atoms with E-state index in [0.29, 0.717) is 12.8 Å². The molecule has 112 valence electrons. The van der Waals surface area contributed by atoms with Crippen molar-refractivity contribution in [1.29, 1.82) is 0 Å². The van der Waals surface area contributed by atoms with Gasteiger partial charge in [0.25, 0.3) is 0 Å². The Morgan fingerprint density at radius 3 is 2.50 bits per heavy atom. The molecule has 2 N–H and O–H groups in total. The van der Waals surface area contributed by atoms with Gasteiger partial charge in [-0.15, -0.1) is 0 Å². The summed E-state index contributed by atoms with van der Waals surface area (Å²) in [5, 5.41) is 24.0. The minimum atomic E-state index is -0.842. The lowest BCUT2D eigenvalue weighted by atomic mass is 9.57. The van der Waals surface area contributed by atoms with E-state index >= 15 is 0 Å². The van der Waals surface area contributed by atoms with Crippen molar-refractivity contribution < 1.29 is 10.2 Å². The molecule has 0 bridgehead atoms. The average Bonchev–Trinajstić information content (AvgIpc) is 2.33. The number of fused-ring (bicyclic) bond motifs is 1. The summed E-state index contributed by atoms with van der Waals surface area (Å²) in [6.45, 7) is 7.97. The molecule has 1 fully saturated rings. The van der Waals surface area contributed by atoms with Crippen LogP contribution in [0.15, 0.2) is 16.6 Å². The zero-order chi connectivity index (χ0) is 15.2. The molecule has 2 rings (SSSR count). The van der Waals surface area contributed by atoms with Gasteiger partial charge >= 0.3 is 0 Å². The van der Waals surface area contributed by atoms with Gasteiger partial charge in [0.05, 0.1) is 21.9 Å². The van der Waals surface area contributed by atoms with Gasteiger partial charge in [0, 0.05) is 5.92 Å². The SMILES string of the molecule is CC(C)C1(O)CCC(C)(N=C=S)C2CCC(C)(O)C=C21. The summed E-state index contributed by atoms with van der Waals surface area (Å²) in [6, 6.07) is 0. The first-order chi connectivity index (χ1) is 9.15. The van der Waals surface area contributed by atoms with E-state index in [4.69, 9.17) is 12.2 Å². The summed E-state index contributed by atoms with van der Waals surface area (Å²) in [5.41, 5.74) is -1.03. The van der Waals surface area contributed by atoms with Gasteiger partial charge in [-0.1, -0.05) is 19.9 Å². The first-order valence-electron chi connectivity index (χ1n) is 7.42. The molecule has 0 heterocycles. The molecule has 2 aliphatic rings. The predicted molar refractivity (Wildman–Crippen MR) is 83.9 cm³/mol. The van der Waals surface area contributed by atoms with Gasteiger partial charge in [-0.3, -0.25) is 0 Å². The fourth-order valence-corrected chi connectivity index (χ4v) is 4.00. The molecular formula is C16H25NO2S.